The zero-order valence-electron chi connectivity index (χ0n) is 32.2. The van der Waals surface area contributed by atoms with E-state index in [1.54, 1.807) is 4.90 Å². The van der Waals surface area contributed by atoms with Gasteiger partial charge in [0.1, 0.15) is 0 Å². The molecule has 1 heterocycles. The van der Waals surface area contributed by atoms with Crippen LogP contribution in [0, 0.1) is 22.7 Å². The first-order valence-corrected chi connectivity index (χ1v) is 19.5. The van der Waals surface area contributed by atoms with Gasteiger partial charge in [0.2, 0.25) is 17.7 Å². The van der Waals surface area contributed by atoms with Crippen LogP contribution in [0.2, 0.25) is 0 Å². The summed E-state index contributed by atoms with van der Waals surface area (Å²) in [4.78, 5) is 40.7. The zero-order valence-corrected chi connectivity index (χ0v) is 32.2. The molecule has 2 aromatic rings. The highest BCUT2D eigenvalue weighted by Crippen LogP contribution is 2.73. The molecule has 0 radical (unpaired) electrons. The Morgan fingerprint density at radius 2 is 1.15 bits per heavy atom. The number of nitrogens with one attached hydrogen (secondary N) is 2. The molecular weight excluding hydrogens is 706 g/mol. The third kappa shape index (κ3) is 13.1. The van der Waals surface area contributed by atoms with Crippen molar-refractivity contribution in [3.8, 4) is 11.8 Å². The van der Waals surface area contributed by atoms with E-state index in [1.807, 2.05) is 55.5 Å². The molecule has 2 N–H and O–H groups in total. The average Bonchev–Trinajstić information content (AvgIpc) is 3.15. The normalized spacial score (nSPS) is 19.0. The van der Waals surface area contributed by atoms with E-state index in [0.29, 0.717) is 106 Å². The van der Waals surface area contributed by atoms with E-state index < -0.39 is 0 Å². The average molecular weight is 764 g/mol. The van der Waals surface area contributed by atoms with E-state index >= 15 is 0 Å². The Hall–Kier alpha value is -3.87. The molecule has 13 nitrogen and oxygen atoms in total. The van der Waals surface area contributed by atoms with Crippen LogP contribution in [-0.2, 0) is 54.1 Å². The quantitative estimate of drug-likeness (QED) is 0.0980. The molecule has 3 amide bonds. The fraction of sp³-hybridized carbons (Fsp3) is 0.595. The molecule has 2 bridgehead atoms. The minimum absolute atomic E-state index is 0.00195. The number of benzene rings is 2. The van der Waals surface area contributed by atoms with Gasteiger partial charge in [-0.2, -0.15) is 0 Å². The molecule has 1 aliphatic heterocycles. The van der Waals surface area contributed by atoms with Crippen LogP contribution in [0.15, 0.2) is 48.5 Å². The van der Waals surface area contributed by atoms with Crippen LogP contribution in [0.5, 0.6) is 0 Å². The van der Waals surface area contributed by atoms with Gasteiger partial charge in [0.25, 0.3) is 0 Å². The highest BCUT2D eigenvalue weighted by atomic mass is 16.6. The molecule has 0 aromatic heterocycles. The molecule has 300 valence electrons. The summed E-state index contributed by atoms with van der Waals surface area (Å²) in [6.45, 7) is 10.2. The van der Waals surface area contributed by atoms with Crippen molar-refractivity contribution in [1.82, 2.24) is 10.6 Å². The Kier molecular flexibility index (Phi) is 17.4. The summed E-state index contributed by atoms with van der Waals surface area (Å²) >= 11 is 0. The molecule has 13 heteroatoms. The summed E-state index contributed by atoms with van der Waals surface area (Å²) in [7, 11) is 0. The number of rotatable bonds is 28. The number of nitrogens with zero attached hydrogens (tertiary/aromatic N) is 1. The van der Waals surface area contributed by atoms with E-state index in [-0.39, 0.29) is 47.9 Å². The summed E-state index contributed by atoms with van der Waals surface area (Å²) in [6, 6.07) is 15.5. The number of carbonyl (C=O) groups is 3. The zero-order chi connectivity index (χ0) is 38.6. The van der Waals surface area contributed by atoms with E-state index in [0.717, 1.165) is 41.6 Å². The van der Waals surface area contributed by atoms with Gasteiger partial charge < -0.3 is 48.7 Å². The minimum atomic E-state index is -0.382. The van der Waals surface area contributed by atoms with E-state index in [4.69, 9.17) is 33.2 Å². The number of hydrogen-bond acceptors (Lipinski definition) is 10. The van der Waals surface area contributed by atoms with E-state index in [1.165, 1.54) is 0 Å². The van der Waals surface area contributed by atoms with Crippen LogP contribution in [0.3, 0.4) is 0 Å². The molecule has 6 rings (SSSR count). The van der Waals surface area contributed by atoms with Crippen LogP contribution in [0.1, 0.15) is 55.7 Å². The predicted molar refractivity (Wildman–Crippen MR) is 205 cm³/mol. The molecule has 3 saturated carbocycles. The van der Waals surface area contributed by atoms with E-state index in [9.17, 15) is 14.4 Å². The molecule has 55 heavy (non-hydrogen) atoms. The molecule has 3 aliphatic carbocycles. The number of hydrogen-bond donors (Lipinski definition) is 2. The van der Waals surface area contributed by atoms with Crippen molar-refractivity contribution in [3.05, 3.63) is 65.2 Å². The lowest BCUT2D eigenvalue weighted by molar-refractivity contribution is -0.205. The molecule has 3 fully saturated rings. The molecule has 4 aliphatic rings. The topological polar surface area (TPSA) is 143 Å². The Labute approximate surface area is 325 Å². The second-order valence-corrected chi connectivity index (χ2v) is 14.1. The third-order valence-corrected chi connectivity index (χ3v) is 9.99. The number of amides is 3. The molecular formula is C42H57N3O10. The van der Waals surface area contributed by atoms with Crippen molar-refractivity contribution in [1.29, 1.82) is 0 Å². The van der Waals surface area contributed by atoms with Crippen molar-refractivity contribution >= 4 is 23.4 Å². The molecule has 0 saturated heterocycles. The maximum atomic E-state index is 13.5. The molecule has 0 unspecified atom stereocenters. The summed E-state index contributed by atoms with van der Waals surface area (Å²) < 4.78 is 38.0. The first-order chi connectivity index (χ1) is 26.9. The summed E-state index contributed by atoms with van der Waals surface area (Å²) in [6.07, 6.45) is 2.71. The van der Waals surface area contributed by atoms with Gasteiger partial charge in [-0.05, 0) is 55.4 Å². The monoisotopic (exact) mass is 763 g/mol. The maximum absolute atomic E-state index is 13.5. The smallest absolute Gasteiger partial charge is 0.229 e. The second-order valence-electron chi connectivity index (χ2n) is 14.1. The standard InChI is InChI=1S/C42H57N3O10/c1-2-49-17-18-51-21-22-53-25-26-55-28-27-54-24-23-52-20-19-50-16-14-38(46)44-33-41-30-42(31-41,32-41)40(48)43-15-13-39(47)45-29-36-9-4-3-7-34(36)11-12-35-8-5-6-10-37(35)45/h3-10H,2,13-33H2,1H3,(H,43,48)(H,44,46). The summed E-state index contributed by atoms with van der Waals surface area (Å²) in [5, 5.41) is 6.03. The first-order valence-electron chi connectivity index (χ1n) is 19.5. The van der Waals surface area contributed by atoms with Crippen molar-refractivity contribution < 1.29 is 47.5 Å². The fourth-order valence-electron chi connectivity index (χ4n) is 7.24. The van der Waals surface area contributed by atoms with Gasteiger partial charge in [0, 0.05) is 43.7 Å². The Balaban J connectivity index is 0.825. The highest BCUT2D eigenvalue weighted by Gasteiger charge is 2.71. The van der Waals surface area contributed by atoms with Crippen LogP contribution < -0.4 is 15.5 Å². The number of para-hydroxylation sites is 1. The fourth-order valence-corrected chi connectivity index (χ4v) is 7.24. The minimum Gasteiger partial charge on any atom is -0.379 e. The SMILES string of the molecule is CCOCCOCCOCCOCCOCCOCCOCCC(=O)NCC12CC(C(=O)NCCC(=O)N3Cc4ccccc4C#Cc4ccccc43)(C1)C2. The van der Waals surface area contributed by atoms with Crippen molar-refractivity contribution in [2.75, 3.05) is 110 Å². The van der Waals surface area contributed by atoms with Crippen molar-refractivity contribution in [3.63, 3.8) is 0 Å². The Bertz CT molecular complexity index is 1570. The number of anilines is 1. The van der Waals surface area contributed by atoms with Crippen LogP contribution in [0.4, 0.5) is 5.69 Å². The van der Waals surface area contributed by atoms with Crippen molar-refractivity contribution in [2.24, 2.45) is 10.8 Å². The summed E-state index contributed by atoms with van der Waals surface area (Å²) in [5.74, 6) is 6.32. The Morgan fingerprint density at radius 3 is 1.75 bits per heavy atom. The van der Waals surface area contributed by atoms with Crippen molar-refractivity contribution in [2.45, 2.75) is 45.6 Å². The first kappa shape index (κ1) is 42.3. The third-order valence-electron chi connectivity index (χ3n) is 9.99. The number of ether oxygens (including phenoxy) is 7. The largest absolute Gasteiger partial charge is 0.379 e. The summed E-state index contributed by atoms with van der Waals surface area (Å²) in [5.41, 5.74) is 3.10. The van der Waals surface area contributed by atoms with E-state index in [2.05, 4.69) is 22.5 Å². The molecule has 0 spiro atoms. The number of fused-ring (bicyclic) bond motifs is 2. The van der Waals surface area contributed by atoms with Gasteiger partial charge in [-0.1, -0.05) is 42.2 Å². The Morgan fingerprint density at radius 1 is 0.636 bits per heavy atom. The second kappa shape index (κ2) is 22.6. The highest BCUT2D eigenvalue weighted by molar-refractivity contribution is 5.95. The lowest BCUT2D eigenvalue weighted by Gasteiger charge is -2.69. The van der Waals surface area contributed by atoms with Crippen LogP contribution >= 0.6 is 0 Å². The van der Waals surface area contributed by atoms with Gasteiger partial charge in [0.05, 0.1) is 104 Å². The predicted octanol–water partition coefficient (Wildman–Crippen LogP) is 3.25. The van der Waals surface area contributed by atoms with Crippen LogP contribution in [0.25, 0.3) is 0 Å². The van der Waals surface area contributed by atoms with Gasteiger partial charge >= 0.3 is 0 Å². The lowest BCUT2D eigenvalue weighted by Crippen LogP contribution is -2.70. The van der Waals surface area contributed by atoms with Gasteiger partial charge in [-0.3, -0.25) is 14.4 Å². The van der Waals surface area contributed by atoms with Crippen LogP contribution in [-0.4, -0.2) is 123 Å². The lowest BCUT2D eigenvalue weighted by atomic mass is 9.35. The molecule has 2 aromatic carbocycles. The van der Waals surface area contributed by atoms with Gasteiger partial charge in [-0.15, -0.1) is 0 Å². The molecule has 0 atom stereocenters. The van der Waals surface area contributed by atoms with Gasteiger partial charge in [0.15, 0.2) is 0 Å². The van der Waals surface area contributed by atoms with Gasteiger partial charge in [-0.25, -0.2) is 0 Å². The number of carbonyl (C=O) groups excluding carboxylic acids is 3. The maximum Gasteiger partial charge on any atom is 0.229 e.